The molecule has 0 heterocycles. The number of allylic oxidation sites excluding steroid dienone is 1. The van der Waals surface area contributed by atoms with Crippen LogP contribution in [0, 0.1) is 12.8 Å². The van der Waals surface area contributed by atoms with Gasteiger partial charge in [-0.05, 0) is 57.2 Å². The third kappa shape index (κ3) is 8.08. The molecule has 31 heavy (non-hydrogen) atoms. The van der Waals surface area contributed by atoms with E-state index in [1.165, 1.54) is 5.57 Å². The Morgan fingerprint density at radius 1 is 1.03 bits per heavy atom. The fourth-order valence-corrected chi connectivity index (χ4v) is 4.98. The van der Waals surface area contributed by atoms with Crippen LogP contribution in [-0.4, -0.2) is 31.5 Å². The summed E-state index contributed by atoms with van der Waals surface area (Å²) in [6, 6.07) is 16.8. The number of aliphatic imine (C=N–C) groups is 1. The first-order chi connectivity index (χ1) is 14.7. The molecule has 0 amide bonds. The summed E-state index contributed by atoms with van der Waals surface area (Å²) in [6.45, 7) is 11.2. The summed E-state index contributed by atoms with van der Waals surface area (Å²) in [5, 5.41) is 0. The van der Waals surface area contributed by atoms with E-state index in [0.717, 1.165) is 17.5 Å². The van der Waals surface area contributed by atoms with Gasteiger partial charge in [-0.2, -0.15) is 4.31 Å². The fourth-order valence-electron chi connectivity index (χ4n) is 3.39. The molecule has 0 aliphatic heterocycles. The van der Waals surface area contributed by atoms with E-state index in [2.05, 4.69) is 24.9 Å². The number of sulfonamides is 1. The molecule has 2 rings (SSSR count). The molecule has 0 fully saturated rings. The van der Waals surface area contributed by atoms with Crippen molar-refractivity contribution in [3.63, 3.8) is 0 Å². The van der Waals surface area contributed by atoms with Gasteiger partial charge in [-0.15, -0.1) is 0 Å². The van der Waals surface area contributed by atoms with Gasteiger partial charge in [0, 0.05) is 12.8 Å². The molecule has 2 aromatic rings. The van der Waals surface area contributed by atoms with Crippen molar-refractivity contribution in [3.8, 4) is 0 Å². The summed E-state index contributed by atoms with van der Waals surface area (Å²) in [7, 11) is -3.64. The minimum absolute atomic E-state index is 0.291. The quantitative estimate of drug-likeness (QED) is 0.316. The van der Waals surface area contributed by atoms with Crippen LogP contribution in [0.15, 0.2) is 76.1 Å². The van der Waals surface area contributed by atoms with E-state index < -0.39 is 10.0 Å². The molecule has 0 saturated heterocycles. The molecule has 0 aliphatic rings. The van der Waals surface area contributed by atoms with Gasteiger partial charge in [-0.25, -0.2) is 8.42 Å². The molecule has 0 N–H and O–H groups in total. The Labute approximate surface area is 188 Å². The highest BCUT2D eigenvalue weighted by Crippen LogP contribution is 2.22. The van der Waals surface area contributed by atoms with Crippen LogP contribution in [0.3, 0.4) is 0 Å². The SMILES string of the molecule is CC(C)=CCCN([C@H](C=NCc1ccccc1)CC(C)C)S(=O)(=O)c1ccc(C)cc1. The summed E-state index contributed by atoms with van der Waals surface area (Å²) in [5.41, 5.74) is 3.34. The Morgan fingerprint density at radius 2 is 1.68 bits per heavy atom. The first-order valence-electron chi connectivity index (χ1n) is 11.0. The molecular weight excluding hydrogens is 404 g/mol. The van der Waals surface area contributed by atoms with Gasteiger partial charge >= 0.3 is 0 Å². The Balaban J connectivity index is 2.37. The zero-order chi connectivity index (χ0) is 22.9. The van der Waals surface area contributed by atoms with Crippen LogP contribution in [0.25, 0.3) is 0 Å². The Hall–Kier alpha value is -2.24. The maximum absolute atomic E-state index is 13.6. The van der Waals surface area contributed by atoms with Crippen LogP contribution in [0.4, 0.5) is 0 Å². The summed E-state index contributed by atoms with van der Waals surface area (Å²) in [5.74, 6) is 0.340. The maximum atomic E-state index is 13.6. The zero-order valence-corrected chi connectivity index (χ0v) is 20.3. The van der Waals surface area contributed by atoms with Crippen LogP contribution < -0.4 is 0 Å². The lowest BCUT2D eigenvalue weighted by Crippen LogP contribution is -2.42. The third-order valence-corrected chi connectivity index (χ3v) is 6.95. The van der Waals surface area contributed by atoms with Crippen molar-refractivity contribution in [2.24, 2.45) is 10.9 Å². The van der Waals surface area contributed by atoms with Crippen molar-refractivity contribution in [3.05, 3.63) is 77.4 Å². The second-order valence-corrected chi connectivity index (χ2v) is 10.6. The molecule has 4 nitrogen and oxygen atoms in total. The monoisotopic (exact) mass is 440 g/mol. The van der Waals surface area contributed by atoms with Gasteiger partial charge in [-0.1, -0.05) is 73.5 Å². The van der Waals surface area contributed by atoms with Crippen LogP contribution >= 0.6 is 0 Å². The second kappa shape index (κ2) is 12.0. The molecule has 0 aliphatic carbocycles. The van der Waals surface area contributed by atoms with Crippen molar-refractivity contribution >= 4 is 16.2 Å². The van der Waals surface area contributed by atoms with Crippen LogP contribution in [0.5, 0.6) is 0 Å². The van der Waals surface area contributed by atoms with Gasteiger partial charge in [0.2, 0.25) is 10.0 Å². The molecule has 168 valence electrons. The second-order valence-electron chi connectivity index (χ2n) is 8.67. The van der Waals surface area contributed by atoms with E-state index in [4.69, 9.17) is 0 Å². The molecule has 2 aromatic carbocycles. The van der Waals surface area contributed by atoms with E-state index in [1.54, 1.807) is 16.4 Å². The largest absolute Gasteiger partial charge is 0.291 e. The number of benzene rings is 2. The van der Waals surface area contributed by atoms with Gasteiger partial charge < -0.3 is 0 Å². The van der Waals surface area contributed by atoms with E-state index in [0.29, 0.717) is 30.3 Å². The van der Waals surface area contributed by atoms with Crippen LogP contribution in [0.1, 0.15) is 51.7 Å². The highest BCUT2D eigenvalue weighted by Gasteiger charge is 2.30. The molecular formula is C26H36N2O2S. The van der Waals surface area contributed by atoms with E-state index >= 15 is 0 Å². The lowest BCUT2D eigenvalue weighted by molar-refractivity contribution is 0.344. The van der Waals surface area contributed by atoms with Crippen molar-refractivity contribution in [2.45, 2.75) is 64.9 Å². The first kappa shape index (κ1) is 25.0. The minimum atomic E-state index is -3.64. The zero-order valence-electron chi connectivity index (χ0n) is 19.5. The van der Waals surface area contributed by atoms with Crippen molar-refractivity contribution in [1.29, 1.82) is 0 Å². The Bertz CT molecular complexity index is 958. The summed E-state index contributed by atoms with van der Waals surface area (Å²) in [4.78, 5) is 4.97. The average molecular weight is 441 g/mol. The van der Waals surface area contributed by atoms with Gasteiger partial charge in [-0.3, -0.25) is 4.99 Å². The number of aryl methyl sites for hydroxylation is 1. The predicted molar refractivity (Wildman–Crippen MR) is 131 cm³/mol. The molecule has 0 aromatic heterocycles. The predicted octanol–water partition coefficient (Wildman–Crippen LogP) is 6.03. The van der Waals surface area contributed by atoms with Crippen LogP contribution in [0.2, 0.25) is 0 Å². The Kier molecular flexibility index (Phi) is 9.66. The standard InChI is InChI=1S/C26H36N2O2S/c1-21(2)10-9-17-28(31(29,30)26-15-13-23(5)14-16-26)25(18-22(3)4)20-27-19-24-11-7-6-8-12-24/h6-8,10-16,20,22,25H,9,17-19H2,1-5H3/t25-/m0/s1. The fraction of sp³-hybridized carbons (Fsp3) is 0.423. The highest BCUT2D eigenvalue weighted by atomic mass is 32.2. The van der Waals surface area contributed by atoms with Crippen LogP contribution in [-0.2, 0) is 16.6 Å². The molecule has 5 heteroatoms. The van der Waals surface area contributed by atoms with Crippen molar-refractivity contribution in [1.82, 2.24) is 4.31 Å². The number of hydrogen-bond donors (Lipinski definition) is 0. The highest BCUT2D eigenvalue weighted by molar-refractivity contribution is 7.89. The first-order valence-corrected chi connectivity index (χ1v) is 12.4. The normalized spacial score (nSPS) is 13.1. The van der Waals surface area contributed by atoms with Gasteiger partial charge in [0.05, 0.1) is 17.5 Å². The third-order valence-electron chi connectivity index (χ3n) is 5.01. The van der Waals surface area contributed by atoms with E-state index in [-0.39, 0.29) is 6.04 Å². The lowest BCUT2D eigenvalue weighted by atomic mass is 10.0. The molecule has 0 unspecified atom stereocenters. The number of nitrogens with zero attached hydrogens (tertiary/aromatic N) is 2. The van der Waals surface area contributed by atoms with Gasteiger partial charge in [0.1, 0.15) is 0 Å². The topological polar surface area (TPSA) is 49.7 Å². The maximum Gasteiger partial charge on any atom is 0.243 e. The van der Waals surface area contributed by atoms with Gasteiger partial charge in [0.25, 0.3) is 0 Å². The smallest absolute Gasteiger partial charge is 0.243 e. The van der Waals surface area contributed by atoms with E-state index in [1.807, 2.05) is 69.5 Å². The number of hydrogen-bond acceptors (Lipinski definition) is 3. The molecule has 0 saturated carbocycles. The van der Waals surface area contributed by atoms with Crippen molar-refractivity contribution < 1.29 is 8.42 Å². The lowest BCUT2D eigenvalue weighted by Gasteiger charge is -2.29. The molecule has 1 atom stereocenters. The molecule has 0 spiro atoms. The van der Waals surface area contributed by atoms with E-state index in [9.17, 15) is 8.42 Å². The summed E-state index contributed by atoms with van der Waals surface area (Å²) < 4.78 is 28.9. The number of rotatable bonds is 11. The molecule has 0 radical (unpaired) electrons. The summed E-state index contributed by atoms with van der Waals surface area (Å²) >= 11 is 0. The van der Waals surface area contributed by atoms with Crippen molar-refractivity contribution in [2.75, 3.05) is 6.54 Å². The van der Waals surface area contributed by atoms with Gasteiger partial charge in [0.15, 0.2) is 0 Å². The minimum Gasteiger partial charge on any atom is -0.291 e. The Morgan fingerprint density at radius 3 is 2.26 bits per heavy atom. The average Bonchev–Trinajstić information content (AvgIpc) is 2.71. The molecule has 0 bridgehead atoms. The summed E-state index contributed by atoms with van der Waals surface area (Å²) in [6.07, 6.45) is 5.32.